The average Bonchev–Trinajstić information content (AvgIpc) is 2.38. The number of para-hydroxylation sites is 1. The summed E-state index contributed by atoms with van der Waals surface area (Å²) in [5, 5.41) is 18.1. The van der Waals surface area contributed by atoms with Crippen LogP contribution in [0.15, 0.2) is 18.2 Å². The van der Waals surface area contributed by atoms with Crippen molar-refractivity contribution in [3.8, 4) is 12.1 Å². The second-order valence-electron chi connectivity index (χ2n) is 3.52. The maximum atomic E-state index is 9.05. The molecule has 1 aromatic carbocycles. The summed E-state index contributed by atoms with van der Waals surface area (Å²) < 4.78 is 5.26. The average molecular weight is 213 g/mol. The van der Waals surface area contributed by atoms with Gasteiger partial charge < -0.3 is 9.64 Å². The molecule has 1 fully saturated rings. The van der Waals surface area contributed by atoms with E-state index in [4.69, 9.17) is 15.3 Å². The Kier molecular flexibility index (Phi) is 3.05. The van der Waals surface area contributed by atoms with Crippen LogP contribution in [0.25, 0.3) is 0 Å². The van der Waals surface area contributed by atoms with E-state index >= 15 is 0 Å². The second-order valence-corrected chi connectivity index (χ2v) is 3.52. The van der Waals surface area contributed by atoms with Gasteiger partial charge in [-0.05, 0) is 12.1 Å². The van der Waals surface area contributed by atoms with Gasteiger partial charge in [0.15, 0.2) is 0 Å². The van der Waals surface area contributed by atoms with E-state index in [2.05, 4.69) is 12.1 Å². The Bertz CT molecular complexity index is 432. The lowest BCUT2D eigenvalue weighted by molar-refractivity contribution is 0.122. The van der Waals surface area contributed by atoms with Crippen LogP contribution < -0.4 is 4.90 Å². The van der Waals surface area contributed by atoms with E-state index in [0.717, 1.165) is 18.8 Å². The Morgan fingerprint density at radius 2 is 1.62 bits per heavy atom. The van der Waals surface area contributed by atoms with Crippen molar-refractivity contribution in [3.05, 3.63) is 29.3 Å². The van der Waals surface area contributed by atoms with Crippen molar-refractivity contribution in [2.45, 2.75) is 0 Å². The zero-order chi connectivity index (χ0) is 11.4. The molecular weight excluding hydrogens is 202 g/mol. The molecule has 0 unspecified atom stereocenters. The van der Waals surface area contributed by atoms with E-state index in [9.17, 15) is 0 Å². The highest BCUT2D eigenvalue weighted by molar-refractivity contribution is 5.68. The van der Waals surface area contributed by atoms with Gasteiger partial charge in [0, 0.05) is 13.1 Å². The summed E-state index contributed by atoms with van der Waals surface area (Å²) in [4.78, 5) is 2.04. The molecule has 16 heavy (non-hydrogen) atoms. The molecule has 1 saturated heterocycles. The monoisotopic (exact) mass is 213 g/mol. The maximum absolute atomic E-state index is 9.05. The molecule has 4 heteroatoms. The van der Waals surface area contributed by atoms with Gasteiger partial charge in [0.05, 0.1) is 30.0 Å². The molecule has 0 saturated carbocycles. The van der Waals surface area contributed by atoms with E-state index in [1.807, 2.05) is 4.90 Å². The van der Waals surface area contributed by atoms with Crippen LogP contribution >= 0.6 is 0 Å². The van der Waals surface area contributed by atoms with E-state index in [1.54, 1.807) is 18.2 Å². The van der Waals surface area contributed by atoms with Gasteiger partial charge in [-0.3, -0.25) is 0 Å². The summed E-state index contributed by atoms with van der Waals surface area (Å²) in [5.74, 6) is 0. The lowest BCUT2D eigenvalue weighted by Crippen LogP contribution is -2.37. The first-order valence-corrected chi connectivity index (χ1v) is 5.12. The van der Waals surface area contributed by atoms with Gasteiger partial charge in [-0.1, -0.05) is 6.07 Å². The smallest absolute Gasteiger partial charge is 0.101 e. The van der Waals surface area contributed by atoms with E-state index < -0.39 is 0 Å². The maximum Gasteiger partial charge on any atom is 0.101 e. The normalized spacial score (nSPS) is 15.2. The highest BCUT2D eigenvalue weighted by atomic mass is 16.5. The zero-order valence-electron chi connectivity index (χ0n) is 8.81. The Morgan fingerprint density at radius 1 is 1.06 bits per heavy atom. The predicted molar refractivity (Wildman–Crippen MR) is 58.9 cm³/mol. The van der Waals surface area contributed by atoms with Crippen LogP contribution in [0.3, 0.4) is 0 Å². The molecule has 0 N–H and O–H groups in total. The lowest BCUT2D eigenvalue weighted by atomic mass is 10.1. The van der Waals surface area contributed by atoms with Gasteiger partial charge in [0.25, 0.3) is 0 Å². The van der Waals surface area contributed by atoms with Gasteiger partial charge in [0.2, 0.25) is 0 Å². The van der Waals surface area contributed by atoms with Crippen molar-refractivity contribution in [2.75, 3.05) is 31.2 Å². The first-order valence-electron chi connectivity index (χ1n) is 5.12. The minimum atomic E-state index is 0.556. The fraction of sp³-hybridized carbons (Fsp3) is 0.333. The third-order valence-electron chi connectivity index (χ3n) is 2.60. The minimum Gasteiger partial charge on any atom is -0.378 e. The van der Waals surface area contributed by atoms with Crippen molar-refractivity contribution in [3.63, 3.8) is 0 Å². The summed E-state index contributed by atoms with van der Waals surface area (Å²) in [6, 6.07) is 9.49. The SMILES string of the molecule is N#Cc1cccc(C#N)c1N1CCOCC1. The number of hydrogen-bond donors (Lipinski definition) is 0. The number of ether oxygens (including phenoxy) is 1. The third-order valence-corrected chi connectivity index (χ3v) is 2.60. The molecule has 0 bridgehead atoms. The van der Waals surface area contributed by atoms with E-state index in [0.29, 0.717) is 24.3 Å². The summed E-state index contributed by atoms with van der Waals surface area (Å²) in [6.07, 6.45) is 0. The highest BCUT2D eigenvalue weighted by Crippen LogP contribution is 2.25. The van der Waals surface area contributed by atoms with Crippen LogP contribution in [0.1, 0.15) is 11.1 Å². The summed E-state index contributed by atoms with van der Waals surface area (Å²) in [5.41, 5.74) is 1.86. The quantitative estimate of drug-likeness (QED) is 0.704. The Morgan fingerprint density at radius 3 is 2.12 bits per heavy atom. The molecule has 80 valence electrons. The number of anilines is 1. The number of hydrogen-bond acceptors (Lipinski definition) is 4. The molecule has 0 atom stereocenters. The summed E-state index contributed by atoms with van der Waals surface area (Å²) in [6.45, 7) is 2.75. The standard InChI is InChI=1S/C12H11N3O/c13-8-10-2-1-3-11(9-14)12(10)15-4-6-16-7-5-15/h1-3H,4-7H2. The molecule has 1 aliphatic rings. The number of rotatable bonds is 1. The predicted octanol–water partition coefficient (Wildman–Crippen LogP) is 1.27. The molecule has 1 aromatic rings. The highest BCUT2D eigenvalue weighted by Gasteiger charge is 2.18. The molecule has 0 aliphatic carbocycles. The summed E-state index contributed by atoms with van der Waals surface area (Å²) >= 11 is 0. The fourth-order valence-corrected chi connectivity index (χ4v) is 1.85. The van der Waals surface area contributed by atoms with Crippen molar-refractivity contribution in [1.82, 2.24) is 0 Å². The van der Waals surface area contributed by atoms with Crippen LogP contribution in [0, 0.1) is 22.7 Å². The fourth-order valence-electron chi connectivity index (χ4n) is 1.85. The van der Waals surface area contributed by atoms with Crippen LogP contribution in [0.5, 0.6) is 0 Å². The molecule has 1 aliphatic heterocycles. The third kappa shape index (κ3) is 1.84. The van der Waals surface area contributed by atoms with Gasteiger partial charge in [0.1, 0.15) is 12.1 Å². The van der Waals surface area contributed by atoms with Crippen molar-refractivity contribution < 1.29 is 4.74 Å². The number of nitriles is 2. The van der Waals surface area contributed by atoms with Crippen LogP contribution in [-0.2, 0) is 4.74 Å². The first kappa shape index (κ1) is 10.5. The van der Waals surface area contributed by atoms with Crippen LogP contribution in [0.2, 0.25) is 0 Å². The lowest BCUT2D eigenvalue weighted by Gasteiger charge is -2.30. The molecule has 1 heterocycles. The number of benzene rings is 1. The molecule has 0 spiro atoms. The van der Waals surface area contributed by atoms with Crippen LogP contribution in [0.4, 0.5) is 5.69 Å². The van der Waals surface area contributed by atoms with Crippen molar-refractivity contribution in [1.29, 1.82) is 10.5 Å². The Hall–Kier alpha value is -2.04. The topological polar surface area (TPSA) is 60.0 Å². The Balaban J connectivity index is 2.45. The molecule has 4 nitrogen and oxygen atoms in total. The van der Waals surface area contributed by atoms with Crippen molar-refractivity contribution >= 4 is 5.69 Å². The van der Waals surface area contributed by atoms with E-state index in [1.165, 1.54) is 0 Å². The summed E-state index contributed by atoms with van der Waals surface area (Å²) in [7, 11) is 0. The zero-order valence-corrected chi connectivity index (χ0v) is 8.81. The molecule has 0 aromatic heterocycles. The number of nitrogens with zero attached hydrogens (tertiary/aromatic N) is 3. The van der Waals surface area contributed by atoms with Crippen LogP contribution in [-0.4, -0.2) is 26.3 Å². The largest absolute Gasteiger partial charge is 0.378 e. The minimum absolute atomic E-state index is 0.556. The molecule has 0 amide bonds. The first-order chi connectivity index (χ1) is 7.86. The van der Waals surface area contributed by atoms with E-state index in [-0.39, 0.29) is 0 Å². The second kappa shape index (κ2) is 4.65. The van der Waals surface area contributed by atoms with Gasteiger partial charge >= 0.3 is 0 Å². The Labute approximate surface area is 94.3 Å². The molecular formula is C12H11N3O. The van der Waals surface area contributed by atoms with Gasteiger partial charge in [-0.25, -0.2) is 0 Å². The molecule has 0 radical (unpaired) electrons. The van der Waals surface area contributed by atoms with Crippen molar-refractivity contribution in [2.24, 2.45) is 0 Å². The molecule has 2 rings (SSSR count). The van der Waals surface area contributed by atoms with Gasteiger partial charge in [-0.2, -0.15) is 10.5 Å². The van der Waals surface area contributed by atoms with Gasteiger partial charge in [-0.15, -0.1) is 0 Å². The number of morpholine rings is 1.